The second-order valence-electron chi connectivity index (χ2n) is 8.54. The quantitative estimate of drug-likeness (QED) is 0.365. The summed E-state index contributed by atoms with van der Waals surface area (Å²) in [6.45, 7) is 8.88. The molecule has 2 aliphatic heterocycles. The zero-order valence-corrected chi connectivity index (χ0v) is 21.7. The Labute approximate surface area is 208 Å². The molecule has 164 valence electrons. The van der Waals surface area contributed by atoms with Crippen LogP contribution in [0.4, 0.5) is 0 Å². The van der Waals surface area contributed by atoms with E-state index in [1.54, 1.807) is 45.0 Å². The first kappa shape index (κ1) is 25.8. The summed E-state index contributed by atoms with van der Waals surface area (Å²) in [7, 11) is 1.52. The number of benzene rings is 1. The maximum atomic E-state index is 13.2. The number of para-hydroxylation sites is 2. The summed E-state index contributed by atoms with van der Waals surface area (Å²) in [5, 5.41) is 13.9. The Hall–Kier alpha value is -1.42. The first-order valence-corrected chi connectivity index (χ1v) is 10.7. The summed E-state index contributed by atoms with van der Waals surface area (Å²) in [6.07, 6.45) is 0. The van der Waals surface area contributed by atoms with Gasteiger partial charge in [0.15, 0.2) is 17.1 Å². The summed E-state index contributed by atoms with van der Waals surface area (Å²) >= 11 is 1.35. The molecule has 0 spiro atoms. The molecule has 10 heteroatoms. The third-order valence-corrected chi connectivity index (χ3v) is 7.47. The van der Waals surface area contributed by atoms with Gasteiger partial charge in [-0.25, -0.2) is 0 Å². The third kappa shape index (κ3) is 4.42. The van der Waals surface area contributed by atoms with E-state index in [2.05, 4.69) is 5.32 Å². The maximum Gasteiger partial charge on any atom is 1.00 e. The van der Waals surface area contributed by atoms with E-state index in [4.69, 9.17) is 9.47 Å². The van der Waals surface area contributed by atoms with Crippen LogP contribution in [0, 0.1) is 5.92 Å². The molecule has 0 saturated carbocycles. The van der Waals surface area contributed by atoms with Crippen LogP contribution in [0.1, 0.15) is 34.6 Å². The van der Waals surface area contributed by atoms with Gasteiger partial charge in [-0.05, 0) is 32.9 Å². The van der Waals surface area contributed by atoms with Gasteiger partial charge >= 0.3 is 29.6 Å². The van der Waals surface area contributed by atoms with Crippen LogP contribution < -0.4 is 49.5 Å². The average molecular weight is 459 g/mol. The number of carbonyl (C=O) groups excluding carboxylic acids is 3. The fourth-order valence-electron chi connectivity index (χ4n) is 3.77. The van der Waals surface area contributed by atoms with Gasteiger partial charge in [-0.1, -0.05) is 26.0 Å². The molecule has 3 rings (SSSR count). The number of methoxy groups -OCH3 is 1. The number of ether oxygens (including phenoxy) is 2. The number of rotatable bonds is 7. The number of amides is 2. The van der Waals surface area contributed by atoms with Crippen molar-refractivity contribution < 1.29 is 58.5 Å². The molecule has 8 nitrogen and oxygen atoms in total. The monoisotopic (exact) mass is 458 g/mol. The van der Waals surface area contributed by atoms with E-state index in [1.165, 1.54) is 23.8 Å². The van der Waals surface area contributed by atoms with Crippen molar-refractivity contribution in [1.29, 1.82) is 0 Å². The number of fused-ring (bicyclic) bond motifs is 1. The molecule has 2 fully saturated rings. The molecule has 1 aromatic rings. The van der Waals surface area contributed by atoms with Crippen molar-refractivity contribution in [3.05, 3.63) is 24.3 Å². The van der Waals surface area contributed by atoms with Crippen LogP contribution in [-0.2, 0) is 14.4 Å². The number of hydrogen-bond acceptors (Lipinski definition) is 7. The minimum absolute atomic E-state index is 0. The predicted octanol–water partition coefficient (Wildman–Crippen LogP) is -2.21. The van der Waals surface area contributed by atoms with Crippen LogP contribution in [0.3, 0.4) is 0 Å². The van der Waals surface area contributed by atoms with Crippen molar-refractivity contribution in [3.63, 3.8) is 0 Å². The van der Waals surface area contributed by atoms with E-state index < -0.39 is 45.6 Å². The van der Waals surface area contributed by atoms with Crippen LogP contribution in [0.5, 0.6) is 11.5 Å². The normalized spacial score (nSPS) is 25.6. The van der Waals surface area contributed by atoms with Gasteiger partial charge in [-0.15, -0.1) is 11.8 Å². The number of nitrogens with zero attached hydrogens (tertiary/aromatic N) is 1. The van der Waals surface area contributed by atoms with Crippen LogP contribution in [0.15, 0.2) is 24.3 Å². The largest absolute Gasteiger partial charge is 1.00 e. The second kappa shape index (κ2) is 9.21. The van der Waals surface area contributed by atoms with Crippen molar-refractivity contribution in [2.45, 2.75) is 62.4 Å². The summed E-state index contributed by atoms with van der Waals surface area (Å²) in [5.41, 5.74) is -1.28. The van der Waals surface area contributed by atoms with Gasteiger partial charge in [0.2, 0.25) is 5.91 Å². The molecule has 1 aromatic carbocycles. The van der Waals surface area contributed by atoms with E-state index >= 15 is 0 Å². The first-order valence-electron chi connectivity index (χ1n) is 9.78. The van der Waals surface area contributed by atoms with Crippen LogP contribution in [-0.4, -0.2) is 57.6 Å². The van der Waals surface area contributed by atoms with E-state index in [0.717, 1.165) is 0 Å². The standard InChI is InChI=1S/C21H28N2O6S.Na/c1-11(2)21(5,29-13-10-8-7-9-12(13)28-6)19(27)22-14-16(24)23-15(18(25)26)20(3,4)30-17(14)23;/h7-11,14-15,17H,1-6H3,(H,22,27)(H,25,26);/q;+1/p-1/t14-,15+,17-,21?;/m1./s1. The van der Waals surface area contributed by atoms with Crippen molar-refractivity contribution in [2.24, 2.45) is 5.92 Å². The Balaban J connectivity index is 0.00000341. The summed E-state index contributed by atoms with van der Waals surface area (Å²) < 4.78 is 10.7. The molecule has 0 aliphatic carbocycles. The smallest absolute Gasteiger partial charge is 0.548 e. The number of carbonyl (C=O) groups is 3. The second-order valence-corrected chi connectivity index (χ2v) is 10.3. The average Bonchev–Trinajstić information content (AvgIpc) is 2.94. The van der Waals surface area contributed by atoms with Gasteiger partial charge in [0, 0.05) is 10.7 Å². The zero-order chi connectivity index (χ0) is 22.4. The predicted molar refractivity (Wildman–Crippen MR) is 110 cm³/mol. The van der Waals surface area contributed by atoms with Crippen molar-refractivity contribution in [1.82, 2.24) is 10.2 Å². The number of carboxylic acids is 1. The molecule has 2 aliphatic rings. The molecule has 2 saturated heterocycles. The van der Waals surface area contributed by atoms with Crippen LogP contribution in [0.2, 0.25) is 0 Å². The minimum Gasteiger partial charge on any atom is -0.548 e. The van der Waals surface area contributed by atoms with Gasteiger partial charge < -0.3 is 29.6 Å². The molecular weight excluding hydrogens is 431 g/mol. The number of thioether (sulfide) groups is 1. The van der Waals surface area contributed by atoms with E-state index in [1.807, 2.05) is 13.8 Å². The summed E-state index contributed by atoms with van der Waals surface area (Å²) in [6, 6.07) is 5.18. The number of hydrogen-bond donors (Lipinski definition) is 1. The fraction of sp³-hybridized carbons (Fsp3) is 0.571. The Bertz CT molecular complexity index is 879. The van der Waals surface area contributed by atoms with Crippen molar-refractivity contribution in [3.8, 4) is 11.5 Å². The Kier molecular flexibility index (Phi) is 7.68. The molecule has 0 bridgehead atoms. The molecule has 31 heavy (non-hydrogen) atoms. The van der Waals surface area contributed by atoms with Gasteiger partial charge in [-0.2, -0.15) is 0 Å². The van der Waals surface area contributed by atoms with Crippen molar-refractivity contribution in [2.75, 3.05) is 7.11 Å². The molecule has 2 amide bonds. The van der Waals surface area contributed by atoms with Crippen molar-refractivity contribution >= 4 is 29.5 Å². The fourth-order valence-corrected chi connectivity index (χ4v) is 5.39. The van der Waals surface area contributed by atoms with E-state index in [0.29, 0.717) is 11.5 Å². The Morgan fingerprint density at radius 3 is 2.35 bits per heavy atom. The SMILES string of the molecule is COc1ccccc1OC(C)(C(=O)N[C@@H]1C(=O)N2[C@@H]1SC(C)(C)[C@@H]2C(=O)[O-])C(C)C.[Na+]. The number of β-lactam (4-membered cyclic amide) rings is 1. The third-order valence-electron chi connectivity index (χ3n) is 5.89. The molecule has 0 aromatic heterocycles. The number of aliphatic carboxylic acids is 1. The molecular formula is C21H27N2NaO6S. The molecule has 4 atom stereocenters. The van der Waals surface area contributed by atoms with Gasteiger partial charge in [0.25, 0.3) is 5.91 Å². The Morgan fingerprint density at radius 1 is 1.26 bits per heavy atom. The minimum atomic E-state index is -1.29. The molecule has 1 N–H and O–H groups in total. The van der Waals surface area contributed by atoms with Gasteiger partial charge in [-0.3, -0.25) is 9.59 Å². The summed E-state index contributed by atoms with van der Waals surface area (Å²) in [5.74, 6) is -1.48. The van der Waals surface area contributed by atoms with Gasteiger partial charge in [0.05, 0.1) is 19.1 Å². The zero-order valence-electron chi connectivity index (χ0n) is 18.9. The maximum absolute atomic E-state index is 13.2. The molecule has 2 heterocycles. The van der Waals surface area contributed by atoms with E-state index in [-0.39, 0.29) is 35.5 Å². The van der Waals surface area contributed by atoms with Crippen LogP contribution in [0.25, 0.3) is 0 Å². The Morgan fingerprint density at radius 2 is 1.84 bits per heavy atom. The molecule has 1 unspecified atom stereocenters. The topological polar surface area (TPSA) is 108 Å². The summed E-state index contributed by atoms with van der Waals surface area (Å²) in [4.78, 5) is 38.8. The number of nitrogens with one attached hydrogen (secondary N) is 1. The van der Waals surface area contributed by atoms with E-state index in [9.17, 15) is 19.5 Å². The van der Waals surface area contributed by atoms with Gasteiger partial charge in [0.1, 0.15) is 11.4 Å². The molecule has 0 radical (unpaired) electrons. The van der Waals surface area contributed by atoms with Crippen LogP contribution >= 0.6 is 11.8 Å². The number of carboxylic acid groups (broad SMARTS) is 1. The first-order chi connectivity index (χ1) is 13.9.